The number of hydrogen-bond acceptors (Lipinski definition) is 16. The highest BCUT2D eigenvalue weighted by Gasteiger charge is 2.29. The fraction of sp³-hybridized carbons (Fsp3) is 0. The maximum Gasteiger partial charge on any atom is 0.268 e. The lowest BCUT2D eigenvalue weighted by atomic mass is 9.85. The van der Waals surface area contributed by atoms with Gasteiger partial charge in [-0.05, 0) is 71.4 Å². The molecule has 11 rings (SSSR count). The third-order valence-electron chi connectivity index (χ3n) is 10.1. The van der Waals surface area contributed by atoms with E-state index in [9.17, 15) is 28.8 Å². The first kappa shape index (κ1) is 31.3. The molecule has 7 aromatic carbocycles. The van der Waals surface area contributed by atoms with E-state index in [4.69, 9.17) is 10.5 Å². The molecule has 54 heavy (non-hydrogen) atoms. The predicted molar refractivity (Wildman–Crippen MR) is 199 cm³/mol. The van der Waals surface area contributed by atoms with Crippen LogP contribution in [0.3, 0.4) is 0 Å². The smallest absolute Gasteiger partial charge is 0.268 e. The van der Waals surface area contributed by atoms with Crippen molar-refractivity contribution in [2.24, 2.45) is 0 Å². The van der Waals surface area contributed by atoms with Crippen molar-refractivity contribution >= 4 is 122 Å². The Morgan fingerprint density at radius 3 is 1.24 bits per heavy atom. The van der Waals surface area contributed by atoms with Crippen LogP contribution < -0.4 is 32.8 Å². The lowest BCUT2D eigenvalue weighted by Gasteiger charge is -2.16. The first-order chi connectivity index (χ1) is 26.2. The maximum absolute atomic E-state index is 14.4. The van der Waals surface area contributed by atoms with Crippen LogP contribution in [0.2, 0.25) is 0 Å². The van der Waals surface area contributed by atoms with Gasteiger partial charge in [-0.3, -0.25) is 37.6 Å². The molecule has 0 aliphatic carbocycles. The van der Waals surface area contributed by atoms with Crippen LogP contribution in [0.25, 0.3) is 98.0 Å². The van der Waals surface area contributed by atoms with Gasteiger partial charge in [0.25, 0.3) is 11.1 Å². The summed E-state index contributed by atoms with van der Waals surface area (Å²) in [6.45, 7) is 0. The van der Waals surface area contributed by atoms with Crippen LogP contribution in [-0.4, -0.2) is 29.3 Å². The average molecular weight is 757 g/mol. The molecule has 0 saturated carbocycles. The van der Waals surface area contributed by atoms with E-state index in [0.29, 0.717) is 44.9 Å². The topological polar surface area (TPSA) is 214 Å². The first-order valence-electron chi connectivity index (χ1n) is 15.7. The van der Waals surface area contributed by atoms with Crippen molar-refractivity contribution in [3.63, 3.8) is 0 Å². The zero-order chi connectivity index (χ0) is 36.9. The molecule has 0 radical (unpaired) electrons. The number of pyridine rings is 2. The summed E-state index contributed by atoms with van der Waals surface area (Å²) in [4.78, 5) is 95.6. The molecular formula is C36H12N4O12S2. The third-order valence-corrected chi connectivity index (χ3v) is 11.2. The molecule has 0 amide bonds. The van der Waals surface area contributed by atoms with E-state index in [1.165, 1.54) is 45.2 Å². The third kappa shape index (κ3) is 3.78. The van der Waals surface area contributed by atoms with Crippen molar-refractivity contribution in [1.29, 1.82) is 0 Å². The van der Waals surface area contributed by atoms with Crippen LogP contribution in [0, 0.1) is 0 Å². The van der Waals surface area contributed by atoms with Crippen LogP contribution in [0.15, 0.2) is 99.2 Å². The summed E-state index contributed by atoms with van der Waals surface area (Å²) in [6, 6.07) is 14.3. The van der Waals surface area contributed by atoms with Gasteiger partial charge in [0, 0.05) is 52.9 Å². The molecule has 0 aliphatic heterocycles. The van der Waals surface area contributed by atoms with Crippen LogP contribution in [0.5, 0.6) is 0 Å². The Labute approximate surface area is 301 Å². The molecule has 0 spiro atoms. The number of fused-ring (bicyclic) bond motifs is 10. The second kappa shape index (κ2) is 10.7. The summed E-state index contributed by atoms with van der Waals surface area (Å²) in [6.07, 6.45) is 0. The zero-order valence-electron chi connectivity index (χ0n) is 26.4. The van der Waals surface area contributed by atoms with E-state index in [-0.39, 0.29) is 87.0 Å². The van der Waals surface area contributed by atoms with Gasteiger partial charge in [0.05, 0.1) is 56.9 Å². The molecule has 0 unspecified atom stereocenters. The fourth-order valence-electron chi connectivity index (χ4n) is 8.19. The number of benzene rings is 7. The van der Waals surface area contributed by atoms with E-state index in [1.807, 2.05) is 0 Å². The molecule has 4 heterocycles. The summed E-state index contributed by atoms with van der Waals surface area (Å²) < 4.78 is 11.5. The number of imidazole rings is 2. The van der Waals surface area contributed by atoms with Crippen molar-refractivity contribution in [1.82, 2.24) is 18.8 Å². The average Bonchev–Trinajstić information content (AvgIpc) is 3.74. The molecule has 0 atom stereocenters. The molecule has 16 nitrogen and oxygen atoms in total. The van der Waals surface area contributed by atoms with Crippen LogP contribution in [0.1, 0.15) is 0 Å². The summed E-state index contributed by atoms with van der Waals surface area (Å²) >= 11 is 1.31. The van der Waals surface area contributed by atoms with Crippen LogP contribution in [0.4, 0.5) is 0 Å². The van der Waals surface area contributed by atoms with Crippen molar-refractivity contribution in [2.75, 3.05) is 0 Å². The Kier molecular flexibility index (Phi) is 6.20. The van der Waals surface area contributed by atoms with Crippen LogP contribution >= 0.6 is 24.1 Å². The number of hydrogen-bond donors (Lipinski definition) is 2. The Morgan fingerprint density at radius 2 is 0.833 bits per heavy atom. The molecule has 0 aliphatic rings. The van der Waals surface area contributed by atoms with E-state index in [0.717, 1.165) is 0 Å². The van der Waals surface area contributed by atoms with Gasteiger partial charge in [0.1, 0.15) is 11.3 Å². The quantitative estimate of drug-likeness (QED) is 0.0790. The lowest BCUT2D eigenvalue weighted by molar-refractivity contribution is -0.432. The fourth-order valence-corrected chi connectivity index (χ4v) is 8.97. The second-order valence-electron chi connectivity index (χ2n) is 12.6. The number of nitrogens with zero attached hydrogens (tertiary/aromatic N) is 4. The molecule has 0 fully saturated rings. The Bertz CT molecular complexity index is 3610. The monoisotopic (exact) mass is 756 g/mol. The van der Waals surface area contributed by atoms with Gasteiger partial charge in [-0.2, -0.15) is 0 Å². The van der Waals surface area contributed by atoms with Crippen molar-refractivity contribution in [2.45, 2.75) is 9.79 Å². The lowest BCUT2D eigenvalue weighted by Crippen LogP contribution is -2.23. The van der Waals surface area contributed by atoms with Gasteiger partial charge in [-0.25, -0.2) is 20.5 Å². The van der Waals surface area contributed by atoms with Gasteiger partial charge in [-0.1, -0.05) is 10.1 Å². The second-order valence-corrected chi connectivity index (χ2v) is 14.1. The molecular weight excluding hydrogens is 745 g/mol. The van der Waals surface area contributed by atoms with Gasteiger partial charge < -0.3 is 0 Å². The number of rotatable bonds is 6. The first-order valence-corrected chi connectivity index (χ1v) is 17.2. The summed E-state index contributed by atoms with van der Waals surface area (Å²) in [7, 11) is 0. The normalized spacial score (nSPS) is 12.8. The highest BCUT2D eigenvalue weighted by molar-refractivity contribution is 7.94. The van der Waals surface area contributed by atoms with Gasteiger partial charge in [0.2, 0.25) is 0 Å². The molecule has 11 aromatic rings. The summed E-state index contributed by atoms with van der Waals surface area (Å²) in [5.41, 5.74) is -2.66. The standard InChI is InChI=1S/C36H12N4O12S2/c41-21-9-15-27-25-13(7-23(43)31(27)35(45)39-19-5-11(53-51-49-47)1-3-17(19)37-33(15)39)14-8-24(44)32-28-16(10-22(42)30(26(14)28)29(21)25)34-38-18-4-2-12(54-52-50-48)6-20(18)40(34)36(32)46/h1-10,47-48H. The van der Waals surface area contributed by atoms with E-state index in [1.54, 1.807) is 24.3 Å². The largest absolute Gasteiger partial charge is 0.289 e. The highest BCUT2D eigenvalue weighted by Crippen LogP contribution is 2.42. The van der Waals surface area contributed by atoms with E-state index in [2.05, 4.69) is 28.7 Å². The molecule has 0 bridgehead atoms. The Morgan fingerprint density at radius 1 is 0.463 bits per heavy atom. The highest BCUT2D eigenvalue weighted by atomic mass is 32.2. The number of aromatic nitrogens is 4. The van der Waals surface area contributed by atoms with Gasteiger partial charge in [0.15, 0.2) is 21.7 Å². The SMILES string of the molecule is O=c1cc2c3cc(=O)c4c(=O)n5c6cc(SOOO)ccc6nc5c5cc(=O)c(c6c(=O)cc7c(c1c(=O)n1c8cc(SOOO)ccc8nc71)c26)c3c45. The van der Waals surface area contributed by atoms with Gasteiger partial charge >= 0.3 is 0 Å². The minimum atomic E-state index is -0.730. The van der Waals surface area contributed by atoms with Gasteiger partial charge in [-0.15, -0.1) is 8.67 Å². The van der Waals surface area contributed by atoms with Crippen molar-refractivity contribution < 1.29 is 29.3 Å². The molecule has 260 valence electrons. The van der Waals surface area contributed by atoms with E-state index < -0.39 is 32.8 Å². The minimum absolute atomic E-state index is 0.0739. The minimum Gasteiger partial charge on any atom is -0.289 e. The Hall–Kier alpha value is -6.22. The van der Waals surface area contributed by atoms with Crippen molar-refractivity contribution in [3.8, 4) is 0 Å². The summed E-state index contributed by atoms with van der Waals surface area (Å²) in [5.74, 6) is 0. The van der Waals surface area contributed by atoms with Crippen LogP contribution in [-0.2, 0) is 18.7 Å². The molecule has 0 saturated heterocycles. The molecule has 18 heteroatoms. The summed E-state index contributed by atoms with van der Waals surface area (Å²) in [5, 5.41) is 25.0. The Balaban J connectivity index is 1.34. The zero-order valence-corrected chi connectivity index (χ0v) is 28.0. The molecule has 4 aromatic heterocycles. The molecule has 2 N–H and O–H groups in total. The maximum atomic E-state index is 14.4. The predicted octanol–water partition coefficient (Wildman–Crippen LogP) is 4.41. The van der Waals surface area contributed by atoms with Crippen molar-refractivity contribution in [3.05, 3.63) is 122 Å². The van der Waals surface area contributed by atoms with E-state index >= 15 is 0 Å².